The Balaban J connectivity index is 2.42. The Kier molecular flexibility index (Phi) is 2.14. The third-order valence-electron chi connectivity index (χ3n) is 1.68. The van der Waals surface area contributed by atoms with Crippen LogP contribution in [0.15, 0.2) is 4.99 Å². The summed E-state index contributed by atoms with van der Waals surface area (Å²) in [6.45, 7) is 6.81. The molecule has 3 nitrogen and oxygen atoms in total. The first-order valence-corrected chi connectivity index (χ1v) is 3.71. The van der Waals surface area contributed by atoms with Gasteiger partial charge in [-0.1, -0.05) is 0 Å². The summed E-state index contributed by atoms with van der Waals surface area (Å²) < 4.78 is 5.18. The van der Waals surface area contributed by atoms with Crippen molar-refractivity contribution in [1.82, 2.24) is 5.32 Å². The maximum absolute atomic E-state index is 5.18. The average molecular weight is 142 g/mol. The summed E-state index contributed by atoms with van der Waals surface area (Å²) in [4.78, 5) is 4.24. The number of amidine groups is 1. The first-order chi connectivity index (χ1) is 4.74. The molecule has 0 aromatic carbocycles. The minimum Gasteiger partial charge on any atom is -0.466 e. The lowest BCUT2D eigenvalue weighted by molar-refractivity contribution is 0.313. The topological polar surface area (TPSA) is 33.6 Å². The number of nitrogens with one attached hydrogen (secondary N) is 1. The van der Waals surface area contributed by atoms with Crippen LogP contribution in [0, 0.1) is 0 Å². The van der Waals surface area contributed by atoms with E-state index in [9.17, 15) is 0 Å². The Morgan fingerprint density at radius 2 is 2.30 bits per heavy atom. The van der Waals surface area contributed by atoms with Crippen LogP contribution in [0.4, 0.5) is 0 Å². The maximum atomic E-state index is 5.18. The maximum Gasteiger partial charge on any atom is 0.285 e. The molecule has 3 heteroatoms. The van der Waals surface area contributed by atoms with E-state index in [4.69, 9.17) is 4.74 Å². The molecule has 0 bridgehead atoms. The standard InChI is InChI=1S/C7H14N2O/c1-4-10-7-8-5(2)6(3)9-7/h5-6H,4H2,1-3H3,(H,8,9)/t5-,6-/m1/s1. The van der Waals surface area contributed by atoms with Crippen molar-refractivity contribution in [3.05, 3.63) is 0 Å². The van der Waals surface area contributed by atoms with Crippen molar-refractivity contribution < 1.29 is 4.74 Å². The van der Waals surface area contributed by atoms with E-state index < -0.39 is 0 Å². The predicted octanol–water partition coefficient (Wildman–Crippen LogP) is 0.759. The van der Waals surface area contributed by atoms with Crippen molar-refractivity contribution in [1.29, 1.82) is 0 Å². The van der Waals surface area contributed by atoms with E-state index in [1.807, 2.05) is 6.92 Å². The van der Waals surface area contributed by atoms with Crippen molar-refractivity contribution in [2.75, 3.05) is 6.61 Å². The highest BCUT2D eigenvalue weighted by Gasteiger charge is 2.20. The molecule has 0 amide bonds. The fourth-order valence-corrected chi connectivity index (χ4v) is 0.865. The van der Waals surface area contributed by atoms with Gasteiger partial charge in [0, 0.05) is 6.04 Å². The zero-order chi connectivity index (χ0) is 7.56. The van der Waals surface area contributed by atoms with Gasteiger partial charge in [0.2, 0.25) is 0 Å². The van der Waals surface area contributed by atoms with Crippen LogP contribution in [0.2, 0.25) is 0 Å². The molecule has 0 fully saturated rings. The van der Waals surface area contributed by atoms with E-state index in [1.54, 1.807) is 0 Å². The summed E-state index contributed by atoms with van der Waals surface area (Å²) in [5.74, 6) is 0. The van der Waals surface area contributed by atoms with Crippen LogP contribution >= 0.6 is 0 Å². The summed E-state index contributed by atoms with van der Waals surface area (Å²) in [5, 5.41) is 3.13. The van der Waals surface area contributed by atoms with E-state index in [2.05, 4.69) is 24.2 Å². The van der Waals surface area contributed by atoms with E-state index in [0.717, 1.165) is 0 Å². The monoisotopic (exact) mass is 142 g/mol. The molecule has 0 aromatic heterocycles. The van der Waals surface area contributed by atoms with Gasteiger partial charge in [-0.15, -0.1) is 0 Å². The molecule has 0 unspecified atom stereocenters. The lowest BCUT2D eigenvalue weighted by Gasteiger charge is -2.07. The second-order valence-electron chi connectivity index (χ2n) is 2.54. The zero-order valence-electron chi connectivity index (χ0n) is 6.72. The summed E-state index contributed by atoms with van der Waals surface area (Å²) in [7, 11) is 0. The number of ether oxygens (including phenoxy) is 1. The van der Waals surface area contributed by atoms with Crippen molar-refractivity contribution in [3.63, 3.8) is 0 Å². The summed E-state index contributed by atoms with van der Waals surface area (Å²) in [6.07, 6.45) is 0. The van der Waals surface area contributed by atoms with Crippen molar-refractivity contribution in [2.24, 2.45) is 4.99 Å². The van der Waals surface area contributed by atoms with Gasteiger partial charge < -0.3 is 10.1 Å². The fourth-order valence-electron chi connectivity index (χ4n) is 0.865. The van der Waals surface area contributed by atoms with E-state index >= 15 is 0 Å². The molecule has 2 atom stereocenters. The van der Waals surface area contributed by atoms with Crippen LogP contribution < -0.4 is 5.32 Å². The molecule has 0 radical (unpaired) electrons. The normalized spacial score (nSPS) is 31.3. The van der Waals surface area contributed by atoms with E-state index in [-0.39, 0.29) is 0 Å². The van der Waals surface area contributed by atoms with Gasteiger partial charge in [0.1, 0.15) is 0 Å². The molecule has 1 rings (SSSR count). The second-order valence-corrected chi connectivity index (χ2v) is 2.54. The Morgan fingerprint density at radius 1 is 1.60 bits per heavy atom. The highest BCUT2D eigenvalue weighted by atomic mass is 16.5. The SMILES string of the molecule is CCOC1=N[C@H](C)[C@@H](C)N1. The molecule has 0 spiro atoms. The summed E-state index contributed by atoms with van der Waals surface area (Å²) in [6, 6.07) is 1.46. The van der Waals surface area contributed by atoms with Crippen LogP contribution in [-0.4, -0.2) is 24.7 Å². The quantitative estimate of drug-likeness (QED) is 0.586. The van der Waals surface area contributed by atoms with Crippen LogP contribution in [0.25, 0.3) is 0 Å². The minimum atomic E-state index is 0.349. The summed E-state index contributed by atoms with van der Waals surface area (Å²) in [5.41, 5.74) is 0. The second kappa shape index (κ2) is 2.90. The zero-order valence-corrected chi connectivity index (χ0v) is 6.72. The Hall–Kier alpha value is -0.730. The fraction of sp³-hybridized carbons (Fsp3) is 0.857. The smallest absolute Gasteiger partial charge is 0.285 e. The lowest BCUT2D eigenvalue weighted by Crippen LogP contribution is -2.31. The molecule has 10 heavy (non-hydrogen) atoms. The number of hydrogen-bond donors (Lipinski definition) is 1. The number of hydrogen-bond acceptors (Lipinski definition) is 3. The molecule has 1 aliphatic heterocycles. The molecule has 0 saturated carbocycles. The van der Waals surface area contributed by atoms with Gasteiger partial charge in [-0.3, -0.25) is 0 Å². The van der Waals surface area contributed by atoms with Crippen LogP contribution in [-0.2, 0) is 4.74 Å². The molecule has 1 heterocycles. The highest BCUT2D eigenvalue weighted by Crippen LogP contribution is 2.05. The van der Waals surface area contributed by atoms with Crippen LogP contribution in [0.3, 0.4) is 0 Å². The minimum absolute atomic E-state index is 0.349. The first kappa shape index (κ1) is 7.38. The third kappa shape index (κ3) is 1.40. The van der Waals surface area contributed by atoms with E-state index in [1.165, 1.54) is 0 Å². The van der Waals surface area contributed by atoms with Gasteiger partial charge in [0.25, 0.3) is 6.02 Å². The van der Waals surface area contributed by atoms with Crippen molar-refractivity contribution >= 4 is 6.02 Å². The van der Waals surface area contributed by atoms with Gasteiger partial charge in [0.05, 0.1) is 12.6 Å². The van der Waals surface area contributed by atoms with Crippen LogP contribution in [0.1, 0.15) is 20.8 Å². The molecule has 1 N–H and O–H groups in total. The Morgan fingerprint density at radius 3 is 2.70 bits per heavy atom. The van der Waals surface area contributed by atoms with Gasteiger partial charge in [-0.05, 0) is 20.8 Å². The van der Waals surface area contributed by atoms with Gasteiger partial charge in [-0.2, -0.15) is 0 Å². The van der Waals surface area contributed by atoms with Crippen molar-refractivity contribution in [2.45, 2.75) is 32.9 Å². The molecule has 58 valence electrons. The van der Waals surface area contributed by atoms with Gasteiger partial charge in [-0.25, -0.2) is 4.99 Å². The van der Waals surface area contributed by atoms with Gasteiger partial charge in [0.15, 0.2) is 0 Å². The third-order valence-corrected chi connectivity index (χ3v) is 1.68. The Labute approximate surface area is 61.5 Å². The number of aliphatic imine (C=N–C) groups is 1. The molecule has 0 aromatic rings. The summed E-state index contributed by atoms with van der Waals surface area (Å²) >= 11 is 0. The largest absolute Gasteiger partial charge is 0.466 e. The molecular weight excluding hydrogens is 128 g/mol. The predicted molar refractivity (Wildman–Crippen MR) is 41.1 cm³/mol. The first-order valence-electron chi connectivity index (χ1n) is 3.71. The Bertz CT molecular complexity index is 145. The van der Waals surface area contributed by atoms with Crippen LogP contribution in [0.5, 0.6) is 0 Å². The molecule has 0 aliphatic carbocycles. The molecular formula is C7H14N2O. The molecule has 1 aliphatic rings. The van der Waals surface area contributed by atoms with E-state index in [0.29, 0.717) is 24.7 Å². The van der Waals surface area contributed by atoms with Crippen molar-refractivity contribution in [3.8, 4) is 0 Å². The van der Waals surface area contributed by atoms with Gasteiger partial charge >= 0.3 is 0 Å². The lowest BCUT2D eigenvalue weighted by atomic mass is 10.2. The average Bonchev–Trinajstić information content (AvgIpc) is 2.14. The highest BCUT2D eigenvalue weighted by molar-refractivity contribution is 5.76. The number of rotatable bonds is 1. The number of nitrogens with zero attached hydrogens (tertiary/aromatic N) is 1. The molecule has 0 saturated heterocycles.